The largest absolute Gasteiger partial charge is 0.436 e. The monoisotopic (exact) mass is 369 g/mol. The smallest absolute Gasteiger partial charge is 0.263 e. The normalized spacial score (nSPS) is 15.0. The van der Waals surface area contributed by atoms with E-state index in [0.29, 0.717) is 12.4 Å². The van der Waals surface area contributed by atoms with Crippen molar-refractivity contribution in [3.63, 3.8) is 0 Å². The Morgan fingerprint density at radius 3 is 2.59 bits per heavy atom. The molecule has 1 aromatic carbocycles. The molecule has 7 nitrogen and oxygen atoms in total. The zero-order valence-corrected chi connectivity index (χ0v) is 16.0. The zero-order valence-electron chi connectivity index (χ0n) is 16.0. The second-order valence-electron chi connectivity index (χ2n) is 6.96. The highest BCUT2D eigenvalue weighted by atomic mass is 16.5. The molecule has 2 heterocycles. The third kappa shape index (κ3) is 5.40. The highest BCUT2D eigenvalue weighted by Crippen LogP contribution is 2.30. The van der Waals surface area contributed by atoms with Gasteiger partial charge >= 0.3 is 0 Å². The van der Waals surface area contributed by atoms with Gasteiger partial charge in [-0.3, -0.25) is 4.79 Å². The standard InChI is InChI=1S/C20H27N5O2/c1-24(2)15-12-22-19(26)16-8-13-25(14-9-16)18-20(23-11-10-21-18)27-17-6-4-3-5-7-17/h3-7,10-11,16H,8-9,12-15H2,1-2H3,(H,22,26). The van der Waals surface area contributed by atoms with E-state index in [9.17, 15) is 4.79 Å². The molecule has 0 spiro atoms. The third-order valence-electron chi connectivity index (χ3n) is 4.63. The molecule has 0 bridgehead atoms. The second kappa shape index (κ2) is 9.32. The van der Waals surface area contributed by atoms with Crippen LogP contribution in [0.5, 0.6) is 11.6 Å². The molecule has 0 radical (unpaired) electrons. The lowest BCUT2D eigenvalue weighted by Crippen LogP contribution is -2.42. The van der Waals surface area contributed by atoms with Gasteiger partial charge in [0, 0.05) is 44.5 Å². The van der Waals surface area contributed by atoms with Crippen molar-refractivity contribution in [2.75, 3.05) is 45.2 Å². The Bertz CT molecular complexity index is 730. The van der Waals surface area contributed by atoms with Gasteiger partial charge in [0.15, 0.2) is 5.82 Å². The van der Waals surface area contributed by atoms with Gasteiger partial charge in [-0.2, -0.15) is 0 Å². The summed E-state index contributed by atoms with van der Waals surface area (Å²) in [5.41, 5.74) is 0. The summed E-state index contributed by atoms with van der Waals surface area (Å²) in [6.07, 6.45) is 4.91. The average molecular weight is 369 g/mol. The van der Waals surface area contributed by atoms with Gasteiger partial charge in [-0.25, -0.2) is 9.97 Å². The molecular formula is C20H27N5O2. The van der Waals surface area contributed by atoms with Crippen molar-refractivity contribution in [2.24, 2.45) is 5.92 Å². The molecule has 1 amide bonds. The number of carbonyl (C=O) groups is 1. The number of hydrogen-bond acceptors (Lipinski definition) is 6. The highest BCUT2D eigenvalue weighted by molar-refractivity contribution is 5.79. The minimum atomic E-state index is 0.0542. The van der Waals surface area contributed by atoms with Gasteiger partial charge in [0.05, 0.1) is 0 Å². The maximum absolute atomic E-state index is 12.3. The topological polar surface area (TPSA) is 70.6 Å². The van der Waals surface area contributed by atoms with E-state index < -0.39 is 0 Å². The number of aromatic nitrogens is 2. The third-order valence-corrected chi connectivity index (χ3v) is 4.63. The first kappa shape index (κ1) is 19.1. The van der Waals surface area contributed by atoms with Crippen LogP contribution < -0.4 is 15.0 Å². The molecule has 1 aliphatic heterocycles. The molecule has 0 unspecified atom stereocenters. The Morgan fingerprint density at radius 2 is 1.89 bits per heavy atom. The van der Waals surface area contributed by atoms with E-state index in [2.05, 4.69) is 25.1 Å². The number of rotatable bonds is 7. The summed E-state index contributed by atoms with van der Waals surface area (Å²) in [6, 6.07) is 9.57. The maximum Gasteiger partial charge on any atom is 0.263 e. The van der Waals surface area contributed by atoms with E-state index in [4.69, 9.17) is 4.74 Å². The van der Waals surface area contributed by atoms with E-state index in [1.54, 1.807) is 12.4 Å². The Hall–Kier alpha value is -2.67. The van der Waals surface area contributed by atoms with Crippen LogP contribution in [0, 0.1) is 5.92 Å². The van der Waals surface area contributed by atoms with Gasteiger partial charge in [0.1, 0.15) is 5.75 Å². The van der Waals surface area contributed by atoms with Crippen LogP contribution in [0.4, 0.5) is 5.82 Å². The minimum Gasteiger partial charge on any atom is -0.436 e. The number of para-hydroxylation sites is 1. The quantitative estimate of drug-likeness (QED) is 0.807. The second-order valence-corrected chi connectivity index (χ2v) is 6.96. The van der Waals surface area contributed by atoms with Crippen molar-refractivity contribution < 1.29 is 9.53 Å². The van der Waals surface area contributed by atoms with Crippen LogP contribution in [-0.4, -0.2) is 61.0 Å². The summed E-state index contributed by atoms with van der Waals surface area (Å²) in [4.78, 5) is 25.4. The minimum absolute atomic E-state index is 0.0542. The zero-order chi connectivity index (χ0) is 19.1. The number of carbonyl (C=O) groups excluding carboxylic acids is 1. The van der Waals surface area contributed by atoms with Gasteiger partial charge in [-0.15, -0.1) is 0 Å². The van der Waals surface area contributed by atoms with Crippen LogP contribution in [0.3, 0.4) is 0 Å². The lowest BCUT2D eigenvalue weighted by atomic mass is 9.96. The van der Waals surface area contributed by atoms with Crippen LogP contribution in [0.25, 0.3) is 0 Å². The summed E-state index contributed by atoms with van der Waals surface area (Å²) in [6.45, 7) is 3.06. The predicted molar refractivity (Wildman–Crippen MR) is 105 cm³/mol. The summed E-state index contributed by atoms with van der Waals surface area (Å²) < 4.78 is 5.91. The van der Waals surface area contributed by atoms with Crippen LogP contribution in [0.1, 0.15) is 12.8 Å². The average Bonchev–Trinajstić information content (AvgIpc) is 2.69. The van der Waals surface area contributed by atoms with Crippen molar-refractivity contribution in [1.29, 1.82) is 0 Å². The van der Waals surface area contributed by atoms with E-state index >= 15 is 0 Å². The maximum atomic E-state index is 12.3. The fraction of sp³-hybridized carbons (Fsp3) is 0.450. The van der Waals surface area contributed by atoms with Gasteiger partial charge in [0.25, 0.3) is 5.88 Å². The van der Waals surface area contributed by atoms with E-state index in [-0.39, 0.29) is 11.8 Å². The van der Waals surface area contributed by atoms with Gasteiger partial charge in [-0.05, 0) is 39.1 Å². The first-order chi connectivity index (χ1) is 13.1. The molecule has 1 N–H and O–H groups in total. The number of nitrogens with one attached hydrogen (secondary N) is 1. The predicted octanol–water partition coefficient (Wildman–Crippen LogP) is 2.16. The summed E-state index contributed by atoms with van der Waals surface area (Å²) in [5.74, 6) is 2.16. The van der Waals surface area contributed by atoms with Crippen LogP contribution >= 0.6 is 0 Å². The van der Waals surface area contributed by atoms with E-state index in [1.165, 1.54) is 0 Å². The van der Waals surface area contributed by atoms with Crippen LogP contribution in [0.2, 0.25) is 0 Å². The highest BCUT2D eigenvalue weighted by Gasteiger charge is 2.27. The van der Waals surface area contributed by atoms with Crippen molar-refractivity contribution >= 4 is 11.7 Å². The number of ether oxygens (including phenoxy) is 1. The number of hydrogen-bond donors (Lipinski definition) is 1. The molecule has 1 saturated heterocycles. The molecule has 2 aromatic rings. The van der Waals surface area contributed by atoms with Gasteiger partial charge in [0.2, 0.25) is 5.91 Å². The van der Waals surface area contributed by atoms with E-state index in [0.717, 1.165) is 44.0 Å². The van der Waals surface area contributed by atoms with Gasteiger partial charge in [-0.1, -0.05) is 18.2 Å². The fourth-order valence-corrected chi connectivity index (χ4v) is 3.11. The molecule has 1 aromatic heterocycles. The number of anilines is 1. The van der Waals surface area contributed by atoms with Crippen LogP contribution in [-0.2, 0) is 4.79 Å². The Balaban J connectivity index is 1.57. The fourth-order valence-electron chi connectivity index (χ4n) is 3.11. The van der Waals surface area contributed by atoms with Crippen LogP contribution in [0.15, 0.2) is 42.7 Å². The summed E-state index contributed by atoms with van der Waals surface area (Å²) in [7, 11) is 4.00. The first-order valence-electron chi connectivity index (χ1n) is 9.35. The molecule has 0 aliphatic carbocycles. The Labute approximate surface area is 160 Å². The molecule has 0 saturated carbocycles. The van der Waals surface area contributed by atoms with Crippen molar-refractivity contribution in [3.05, 3.63) is 42.7 Å². The number of likely N-dealkylation sites (N-methyl/N-ethyl adjacent to an activating group) is 1. The van der Waals surface area contributed by atoms with Crippen molar-refractivity contribution in [1.82, 2.24) is 20.2 Å². The molecule has 27 heavy (non-hydrogen) atoms. The number of piperidine rings is 1. The molecule has 3 rings (SSSR count). The lowest BCUT2D eigenvalue weighted by Gasteiger charge is -2.32. The number of benzene rings is 1. The number of nitrogens with zero attached hydrogens (tertiary/aromatic N) is 4. The first-order valence-corrected chi connectivity index (χ1v) is 9.35. The lowest BCUT2D eigenvalue weighted by molar-refractivity contribution is -0.125. The summed E-state index contributed by atoms with van der Waals surface area (Å²) >= 11 is 0. The van der Waals surface area contributed by atoms with Gasteiger partial charge < -0.3 is 19.9 Å². The molecule has 7 heteroatoms. The molecule has 1 aliphatic rings. The Morgan fingerprint density at radius 1 is 1.19 bits per heavy atom. The van der Waals surface area contributed by atoms with Crippen molar-refractivity contribution in [2.45, 2.75) is 12.8 Å². The SMILES string of the molecule is CN(C)CCNC(=O)C1CCN(c2nccnc2Oc2ccccc2)CC1. The molecule has 1 fully saturated rings. The van der Waals surface area contributed by atoms with Crippen molar-refractivity contribution in [3.8, 4) is 11.6 Å². The number of amides is 1. The molecular weight excluding hydrogens is 342 g/mol. The van der Waals surface area contributed by atoms with E-state index in [1.807, 2.05) is 44.4 Å². The summed E-state index contributed by atoms with van der Waals surface area (Å²) in [5, 5.41) is 3.03. The Kier molecular flexibility index (Phi) is 6.59. The molecule has 0 atom stereocenters. The molecule has 144 valence electrons.